The smallest absolute Gasteiger partial charge is 0.178 e. The van der Waals surface area contributed by atoms with Crippen LogP contribution in [0.25, 0.3) is 0 Å². The molecular formula is C10H14FN5O2. The molecule has 0 aromatic rings. The number of ether oxygens (including phenoxy) is 1. The molecule has 8 heteroatoms. The monoisotopic (exact) mass is 255 g/mol. The van der Waals surface area contributed by atoms with Gasteiger partial charge in [0.1, 0.15) is 24.4 Å². The molecular weight excluding hydrogens is 241 g/mol. The maximum absolute atomic E-state index is 13.9. The molecule has 98 valence electrons. The van der Waals surface area contributed by atoms with E-state index >= 15 is 0 Å². The van der Waals surface area contributed by atoms with Crippen LogP contribution in [0.3, 0.4) is 0 Å². The molecule has 3 heterocycles. The second-order valence-electron chi connectivity index (χ2n) is 4.38. The minimum absolute atomic E-state index is 0.185. The Kier molecular flexibility index (Phi) is 2.67. The molecule has 0 aromatic carbocycles. The Morgan fingerprint density at radius 1 is 1.67 bits per heavy atom. The van der Waals surface area contributed by atoms with Crippen molar-refractivity contribution in [2.45, 2.75) is 31.0 Å². The number of nitrogens with zero attached hydrogens (tertiary/aromatic N) is 3. The van der Waals surface area contributed by atoms with Crippen molar-refractivity contribution in [3.05, 3.63) is 11.9 Å². The van der Waals surface area contributed by atoms with E-state index in [4.69, 9.17) is 15.6 Å². The first-order valence-corrected chi connectivity index (χ1v) is 5.72. The number of alkyl halides is 1. The van der Waals surface area contributed by atoms with Gasteiger partial charge in [-0.2, -0.15) is 5.10 Å². The highest BCUT2D eigenvalue weighted by molar-refractivity contribution is 5.93. The van der Waals surface area contributed by atoms with Crippen LogP contribution in [0.15, 0.2) is 22.0 Å². The van der Waals surface area contributed by atoms with Gasteiger partial charge in [-0.25, -0.2) is 14.4 Å². The Bertz CT molecular complexity index is 438. The third-order valence-electron chi connectivity index (χ3n) is 3.21. The van der Waals surface area contributed by atoms with Crippen LogP contribution in [-0.4, -0.2) is 53.4 Å². The molecule has 3 aliphatic rings. The lowest BCUT2D eigenvalue weighted by atomic mass is 10.1. The fourth-order valence-corrected chi connectivity index (χ4v) is 2.32. The lowest BCUT2D eigenvalue weighted by Gasteiger charge is -2.28. The average molecular weight is 255 g/mol. The molecule has 0 amide bonds. The van der Waals surface area contributed by atoms with Gasteiger partial charge in [0.25, 0.3) is 0 Å². The Morgan fingerprint density at radius 2 is 2.50 bits per heavy atom. The number of hydrogen-bond acceptors (Lipinski definition) is 7. The number of halogens is 1. The number of amidine groups is 1. The maximum atomic E-state index is 13.9. The SMILES string of the molecule is NC1=NC=NN2C([C@@H]3O[C@H](CO)C[C@H]3F)=CNC12. The molecule has 0 saturated carbocycles. The number of nitrogens with two attached hydrogens (primary N) is 1. The molecule has 4 N–H and O–H groups in total. The molecule has 1 saturated heterocycles. The number of aliphatic imine (C=N–C) groups is 1. The van der Waals surface area contributed by atoms with E-state index in [0.717, 1.165) is 0 Å². The van der Waals surface area contributed by atoms with Crippen molar-refractivity contribution in [3.63, 3.8) is 0 Å². The van der Waals surface area contributed by atoms with Crippen LogP contribution < -0.4 is 11.1 Å². The number of aliphatic hydroxyl groups excluding tert-OH is 1. The number of hydrogen-bond donors (Lipinski definition) is 3. The van der Waals surface area contributed by atoms with Gasteiger partial charge < -0.3 is 20.9 Å². The third-order valence-corrected chi connectivity index (χ3v) is 3.21. The van der Waals surface area contributed by atoms with Crippen LogP contribution in [0.1, 0.15) is 6.42 Å². The van der Waals surface area contributed by atoms with Crippen molar-refractivity contribution in [3.8, 4) is 0 Å². The molecule has 1 unspecified atom stereocenters. The van der Waals surface area contributed by atoms with E-state index < -0.39 is 18.4 Å². The lowest BCUT2D eigenvalue weighted by molar-refractivity contribution is 0.00715. The summed E-state index contributed by atoms with van der Waals surface area (Å²) in [4.78, 5) is 3.87. The summed E-state index contributed by atoms with van der Waals surface area (Å²) < 4.78 is 19.3. The van der Waals surface area contributed by atoms with Crippen molar-refractivity contribution in [1.82, 2.24) is 10.3 Å². The van der Waals surface area contributed by atoms with Crippen molar-refractivity contribution in [1.29, 1.82) is 0 Å². The van der Waals surface area contributed by atoms with Crippen LogP contribution in [0.5, 0.6) is 0 Å². The van der Waals surface area contributed by atoms with E-state index in [-0.39, 0.29) is 19.2 Å². The summed E-state index contributed by atoms with van der Waals surface area (Å²) >= 11 is 0. The van der Waals surface area contributed by atoms with Gasteiger partial charge in [0.2, 0.25) is 0 Å². The predicted molar refractivity (Wildman–Crippen MR) is 62.2 cm³/mol. The summed E-state index contributed by atoms with van der Waals surface area (Å²) in [5.41, 5.74) is 6.28. The van der Waals surface area contributed by atoms with Crippen LogP contribution in [0.2, 0.25) is 0 Å². The molecule has 1 fully saturated rings. The average Bonchev–Trinajstić information content (AvgIpc) is 2.93. The fourth-order valence-electron chi connectivity index (χ4n) is 2.32. The summed E-state index contributed by atoms with van der Waals surface area (Å²) in [5, 5.41) is 17.6. The van der Waals surface area contributed by atoms with E-state index in [9.17, 15) is 4.39 Å². The summed E-state index contributed by atoms with van der Waals surface area (Å²) in [6.45, 7) is -0.187. The van der Waals surface area contributed by atoms with Gasteiger partial charge in [-0.3, -0.25) is 0 Å². The van der Waals surface area contributed by atoms with Gasteiger partial charge in [-0.05, 0) is 0 Å². The van der Waals surface area contributed by atoms with Crippen molar-refractivity contribution in [2.24, 2.45) is 15.8 Å². The summed E-state index contributed by atoms with van der Waals surface area (Å²) in [7, 11) is 0. The Morgan fingerprint density at radius 3 is 3.22 bits per heavy atom. The standard InChI is InChI=1S/C10H14FN5O2/c11-6-1-5(3-17)18-8(6)7-2-13-10-9(12)14-4-15-16(7)10/h2,4-6,8,10,13,17H,1,3H2,(H2,12,14,15)/t5-,6+,8+,10?/m0/s1. The number of rotatable bonds is 2. The Hall–Kier alpha value is -1.67. The van der Waals surface area contributed by atoms with E-state index in [2.05, 4.69) is 15.4 Å². The zero-order chi connectivity index (χ0) is 12.7. The Balaban J connectivity index is 1.79. The molecule has 0 radical (unpaired) electrons. The fraction of sp³-hybridized carbons (Fsp3) is 0.600. The van der Waals surface area contributed by atoms with Gasteiger partial charge in [-0.15, -0.1) is 0 Å². The van der Waals surface area contributed by atoms with E-state index in [1.807, 2.05) is 0 Å². The zero-order valence-corrected chi connectivity index (χ0v) is 9.53. The Labute approximate surface area is 103 Å². The quantitative estimate of drug-likeness (QED) is 0.580. The summed E-state index contributed by atoms with van der Waals surface area (Å²) in [6.07, 6.45) is 0.390. The molecule has 0 bridgehead atoms. The summed E-state index contributed by atoms with van der Waals surface area (Å²) in [6, 6.07) is 0. The second-order valence-corrected chi connectivity index (χ2v) is 4.38. The van der Waals surface area contributed by atoms with Gasteiger partial charge in [0, 0.05) is 12.6 Å². The number of aliphatic hydroxyl groups is 1. The number of nitrogens with one attached hydrogen (secondary N) is 1. The zero-order valence-electron chi connectivity index (χ0n) is 9.53. The molecule has 0 spiro atoms. The van der Waals surface area contributed by atoms with Crippen LogP contribution in [0.4, 0.5) is 4.39 Å². The highest BCUT2D eigenvalue weighted by Gasteiger charge is 2.43. The predicted octanol–water partition coefficient (Wildman–Crippen LogP) is -1.14. The van der Waals surface area contributed by atoms with E-state index in [1.54, 1.807) is 11.2 Å². The minimum Gasteiger partial charge on any atom is -0.394 e. The van der Waals surface area contributed by atoms with Gasteiger partial charge in [0.15, 0.2) is 6.17 Å². The lowest BCUT2D eigenvalue weighted by Crippen LogP contribution is -2.48. The normalized spacial score (nSPS) is 38.2. The first-order chi connectivity index (χ1) is 8.70. The van der Waals surface area contributed by atoms with Crippen LogP contribution in [0, 0.1) is 0 Å². The minimum atomic E-state index is -1.16. The van der Waals surface area contributed by atoms with E-state index in [0.29, 0.717) is 11.5 Å². The molecule has 7 nitrogen and oxygen atoms in total. The second kappa shape index (κ2) is 4.21. The largest absolute Gasteiger partial charge is 0.394 e. The first kappa shape index (κ1) is 11.4. The van der Waals surface area contributed by atoms with Gasteiger partial charge in [0.05, 0.1) is 18.4 Å². The first-order valence-electron chi connectivity index (χ1n) is 5.72. The number of fused-ring (bicyclic) bond motifs is 1. The molecule has 0 aliphatic carbocycles. The van der Waals surface area contributed by atoms with Crippen molar-refractivity contribution >= 4 is 12.2 Å². The molecule has 3 rings (SSSR count). The highest BCUT2D eigenvalue weighted by atomic mass is 19.1. The van der Waals surface area contributed by atoms with Crippen molar-refractivity contribution < 1.29 is 14.2 Å². The van der Waals surface area contributed by atoms with E-state index in [1.165, 1.54) is 6.34 Å². The molecule has 4 atom stereocenters. The molecule has 0 aromatic heterocycles. The van der Waals surface area contributed by atoms with Gasteiger partial charge in [-0.1, -0.05) is 0 Å². The summed E-state index contributed by atoms with van der Waals surface area (Å²) in [5.74, 6) is 0.364. The molecule has 18 heavy (non-hydrogen) atoms. The molecule has 3 aliphatic heterocycles. The van der Waals surface area contributed by atoms with Gasteiger partial charge >= 0.3 is 0 Å². The maximum Gasteiger partial charge on any atom is 0.178 e. The highest BCUT2D eigenvalue weighted by Crippen LogP contribution is 2.32. The topological polar surface area (TPSA) is 95.5 Å². The number of hydrazone groups is 1. The van der Waals surface area contributed by atoms with Crippen LogP contribution in [-0.2, 0) is 4.74 Å². The third kappa shape index (κ3) is 1.65. The van der Waals surface area contributed by atoms with Crippen molar-refractivity contribution in [2.75, 3.05) is 6.61 Å². The van der Waals surface area contributed by atoms with Crippen LogP contribution >= 0.6 is 0 Å².